The molecule has 158 valence electrons. The van der Waals surface area contributed by atoms with Crippen molar-refractivity contribution in [2.75, 3.05) is 5.32 Å². The van der Waals surface area contributed by atoms with Gasteiger partial charge in [0.15, 0.2) is 0 Å². The molecule has 30 heavy (non-hydrogen) atoms. The van der Waals surface area contributed by atoms with Crippen LogP contribution in [0, 0.1) is 12.8 Å². The van der Waals surface area contributed by atoms with Crippen LogP contribution in [0.1, 0.15) is 60.1 Å². The van der Waals surface area contributed by atoms with Gasteiger partial charge < -0.3 is 4.57 Å². The molecule has 4 nitrogen and oxygen atoms in total. The van der Waals surface area contributed by atoms with Crippen LogP contribution in [0.5, 0.6) is 0 Å². The smallest absolute Gasteiger partial charge is 0.307 e. The minimum atomic E-state index is -4.50. The fourth-order valence-corrected chi connectivity index (χ4v) is 4.31. The Morgan fingerprint density at radius 1 is 1.17 bits per heavy atom. The quantitative estimate of drug-likeness (QED) is 0.540. The number of nitrogens with zero attached hydrogens (tertiary/aromatic N) is 2. The van der Waals surface area contributed by atoms with Crippen LogP contribution in [-0.2, 0) is 6.18 Å². The van der Waals surface area contributed by atoms with Crippen molar-refractivity contribution in [3.8, 4) is 0 Å². The van der Waals surface area contributed by atoms with E-state index in [0.29, 0.717) is 11.9 Å². The molecular weight excluding hydrogens is 391 g/mol. The first-order valence-corrected chi connectivity index (χ1v) is 10.2. The number of aromatic nitrogens is 2. The van der Waals surface area contributed by atoms with Crippen LogP contribution in [0.15, 0.2) is 42.5 Å². The number of anilines is 1. The Morgan fingerprint density at radius 3 is 2.70 bits per heavy atom. The van der Waals surface area contributed by atoms with Gasteiger partial charge in [0, 0.05) is 11.6 Å². The third-order valence-electron chi connectivity index (χ3n) is 5.80. The Hall–Kier alpha value is -2.83. The second-order valence-electron chi connectivity index (χ2n) is 8.26. The summed E-state index contributed by atoms with van der Waals surface area (Å²) < 4.78 is 41.1. The van der Waals surface area contributed by atoms with Crippen LogP contribution in [0.25, 0.3) is 11.0 Å². The van der Waals surface area contributed by atoms with E-state index in [0.717, 1.165) is 48.0 Å². The molecule has 1 saturated carbocycles. The molecular formula is C23H24F3N3O. The number of fused-ring (bicyclic) bond motifs is 1. The van der Waals surface area contributed by atoms with Gasteiger partial charge in [0.05, 0.1) is 16.6 Å². The number of halogens is 3. The van der Waals surface area contributed by atoms with Crippen molar-refractivity contribution in [2.24, 2.45) is 5.92 Å². The summed E-state index contributed by atoms with van der Waals surface area (Å²) in [6, 6.07) is 10.6. The van der Waals surface area contributed by atoms with Gasteiger partial charge in [-0.1, -0.05) is 31.9 Å². The molecule has 2 aromatic carbocycles. The zero-order valence-corrected chi connectivity index (χ0v) is 17.0. The summed E-state index contributed by atoms with van der Waals surface area (Å²) in [5.41, 5.74) is 1.86. The van der Waals surface area contributed by atoms with Crippen molar-refractivity contribution in [1.29, 1.82) is 0 Å². The number of rotatable bonds is 3. The summed E-state index contributed by atoms with van der Waals surface area (Å²) in [5.74, 6) is 0.356. The SMILES string of the molecule is Cc1ccc2c(c1)nc(NC(=O)c1cccc(C(F)(F)F)c1)n2C1CCC[C@H](C)C1. The summed E-state index contributed by atoms with van der Waals surface area (Å²) >= 11 is 0. The molecule has 0 bridgehead atoms. The fourth-order valence-electron chi connectivity index (χ4n) is 4.31. The number of imidazole rings is 1. The molecule has 1 heterocycles. The molecule has 0 spiro atoms. The van der Waals surface area contributed by atoms with E-state index in [1.165, 1.54) is 18.6 Å². The number of carbonyl (C=O) groups excluding carboxylic acids is 1. The molecule has 1 fully saturated rings. The molecule has 0 radical (unpaired) electrons. The Labute approximate surface area is 173 Å². The monoisotopic (exact) mass is 415 g/mol. The molecule has 1 amide bonds. The van der Waals surface area contributed by atoms with E-state index < -0.39 is 17.6 Å². The van der Waals surface area contributed by atoms with Crippen LogP contribution in [0.2, 0.25) is 0 Å². The van der Waals surface area contributed by atoms with Crippen LogP contribution in [0.3, 0.4) is 0 Å². The van der Waals surface area contributed by atoms with Crippen molar-refractivity contribution >= 4 is 22.9 Å². The molecule has 4 rings (SSSR count). The highest BCUT2D eigenvalue weighted by Crippen LogP contribution is 2.37. The topological polar surface area (TPSA) is 46.9 Å². The van der Waals surface area contributed by atoms with Gasteiger partial charge in [-0.15, -0.1) is 0 Å². The van der Waals surface area contributed by atoms with E-state index in [2.05, 4.69) is 21.8 Å². The second-order valence-corrected chi connectivity index (χ2v) is 8.26. The Bertz CT molecular complexity index is 1090. The van der Waals surface area contributed by atoms with Crippen LogP contribution >= 0.6 is 0 Å². The molecule has 3 aromatic rings. The number of amides is 1. The van der Waals surface area contributed by atoms with Crippen molar-refractivity contribution in [3.05, 3.63) is 59.2 Å². The highest BCUT2D eigenvalue weighted by molar-refractivity contribution is 6.04. The number of carbonyl (C=O) groups is 1. The molecule has 1 aliphatic carbocycles. The lowest BCUT2D eigenvalue weighted by Crippen LogP contribution is -2.22. The largest absolute Gasteiger partial charge is 0.416 e. The van der Waals surface area contributed by atoms with Gasteiger partial charge in [-0.2, -0.15) is 13.2 Å². The first-order valence-electron chi connectivity index (χ1n) is 10.2. The summed E-state index contributed by atoms with van der Waals surface area (Å²) in [6.45, 7) is 4.19. The zero-order chi connectivity index (χ0) is 21.5. The predicted molar refractivity (Wildman–Crippen MR) is 111 cm³/mol. The van der Waals surface area contributed by atoms with E-state index in [1.807, 2.05) is 25.1 Å². The summed E-state index contributed by atoms with van der Waals surface area (Å²) in [6.07, 6.45) is -0.270. The molecule has 1 aromatic heterocycles. The lowest BCUT2D eigenvalue weighted by molar-refractivity contribution is -0.137. The average Bonchev–Trinajstić information content (AvgIpc) is 3.04. The number of alkyl halides is 3. The maximum atomic E-state index is 13.0. The van der Waals surface area contributed by atoms with Crippen LogP contribution < -0.4 is 5.32 Å². The van der Waals surface area contributed by atoms with Gasteiger partial charge in [0.2, 0.25) is 5.95 Å². The van der Waals surface area contributed by atoms with Gasteiger partial charge in [-0.25, -0.2) is 4.98 Å². The summed E-state index contributed by atoms with van der Waals surface area (Å²) in [4.78, 5) is 17.4. The fraction of sp³-hybridized carbons (Fsp3) is 0.391. The average molecular weight is 415 g/mol. The maximum absolute atomic E-state index is 13.0. The van der Waals surface area contributed by atoms with Gasteiger partial charge in [-0.05, 0) is 61.6 Å². The van der Waals surface area contributed by atoms with Crippen LogP contribution in [-0.4, -0.2) is 15.5 Å². The lowest BCUT2D eigenvalue weighted by Gasteiger charge is -2.29. The van der Waals surface area contributed by atoms with E-state index in [9.17, 15) is 18.0 Å². The Morgan fingerprint density at radius 2 is 1.97 bits per heavy atom. The minimum absolute atomic E-state index is 0.0448. The molecule has 0 aliphatic heterocycles. The van der Waals surface area contributed by atoms with E-state index in [4.69, 9.17) is 0 Å². The molecule has 1 unspecified atom stereocenters. The van der Waals surface area contributed by atoms with Crippen molar-refractivity contribution in [3.63, 3.8) is 0 Å². The van der Waals surface area contributed by atoms with E-state index >= 15 is 0 Å². The zero-order valence-electron chi connectivity index (χ0n) is 17.0. The lowest BCUT2D eigenvalue weighted by atomic mass is 9.87. The normalized spacial score (nSPS) is 19.8. The first-order chi connectivity index (χ1) is 14.2. The number of hydrogen-bond donors (Lipinski definition) is 1. The molecule has 2 atom stereocenters. The van der Waals surface area contributed by atoms with Crippen molar-refractivity contribution in [1.82, 2.24) is 9.55 Å². The standard InChI is InChI=1S/C23H24F3N3O/c1-14-5-3-8-18(11-14)29-20-10-9-15(2)12-19(20)27-22(29)28-21(30)16-6-4-7-17(13-16)23(24,25)26/h4,6-7,9-10,12-14,18H,3,5,8,11H2,1-2H3,(H,27,28,30)/t14-,18?/m0/s1. The van der Waals surface area contributed by atoms with Crippen LogP contribution in [0.4, 0.5) is 19.1 Å². The Balaban J connectivity index is 1.71. The highest BCUT2D eigenvalue weighted by Gasteiger charge is 2.31. The highest BCUT2D eigenvalue weighted by atomic mass is 19.4. The molecule has 7 heteroatoms. The molecule has 1 aliphatic rings. The van der Waals surface area contributed by atoms with Gasteiger partial charge >= 0.3 is 6.18 Å². The predicted octanol–water partition coefficient (Wildman–Crippen LogP) is 6.37. The van der Waals surface area contributed by atoms with Crippen molar-refractivity contribution in [2.45, 2.75) is 51.7 Å². The van der Waals surface area contributed by atoms with Gasteiger partial charge in [-0.3, -0.25) is 10.1 Å². The number of nitrogens with one attached hydrogen (secondary N) is 1. The number of hydrogen-bond acceptors (Lipinski definition) is 2. The third kappa shape index (κ3) is 4.06. The minimum Gasteiger partial charge on any atom is -0.307 e. The summed E-state index contributed by atoms with van der Waals surface area (Å²) in [5, 5.41) is 2.77. The Kier molecular flexibility index (Phi) is 5.30. The number of aryl methyl sites for hydroxylation is 1. The van der Waals surface area contributed by atoms with Crippen molar-refractivity contribution < 1.29 is 18.0 Å². The molecule has 0 saturated heterocycles. The molecule has 1 N–H and O–H groups in total. The number of benzene rings is 2. The maximum Gasteiger partial charge on any atom is 0.416 e. The van der Waals surface area contributed by atoms with Gasteiger partial charge in [0.1, 0.15) is 0 Å². The second kappa shape index (κ2) is 7.78. The third-order valence-corrected chi connectivity index (χ3v) is 5.80. The van der Waals surface area contributed by atoms with E-state index in [-0.39, 0.29) is 11.6 Å². The van der Waals surface area contributed by atoms with Gasteiger partial charge in [0.25, 0.3) is 5.91 Å². The summed E-state index contributed by atoms with van der Waals surface area (Å²) in [7, 11) is 0. The first kappa shape index (κ1) is 20.4. The van der Waals surface area contributed by atoms with E-state index in [1.54, 1.807) is 0 Å².